The molecule has 0 aromatic rings. The Morgan fingerprint density at radius 2 is 1.22 bits per heavy atom. The van der Waals surface area contributed by atoms with E-state index in [1.165, 1.54) is 32.1 Å². The molecule has 0 heterocycles. The molecule has 0 aromatic heterocycles. The topological polar surface area (TPSA) is 110 Å². The van der Waals surface area contributed by atoms with Crippen molar-refractivity contribution in [2.75, 3.05) is 0 Å². The molecule has 0 saturated heterocycles. The molecule has 5 heteroatoms. The molecule has 0 amide bonds. The van der Waals surface area contributed by atoms with Crippen molar-refractivity contribution < 1.29 is 19.8 Å². The molecule has 0 rings (SSSR count). The van der Waals surface area contributed by atoms with Crippen molar-refractivity contribution in [3.05, 3.63) is 0 Å². The number of hydrogen-bond acceptors (Lipinski definition) is 3. The van der Waals surface area contributed by atoms with Crippen LogP contribution in [0, 0.1) is 5.92 Å². The lowest BCUT2D eigenvalue weighted by Gasteiger charge is -2.06. The fourth-order valence-electron chi connectivity index (χ4n) is 1.83. The molecule has 0 aliphatic carbocycles. The molecule has 0 aliphatic heterocycles. The van der Waals surface area contributed by atoms with Crippen LogP contribution in [0.1, 0.15) is 64.7 Å². The van der Waals surface area contributed by atoms with Crippen LogP contribution >= 0.6 is 0 Å². The van der Waals surface area contributed by atoms with E-state index in [1.807, 2.05) is 0 Å². The Labute approximate surface area is 109 Å². The lowest BCUT2D eigenvalue weighted by molar-refractivity contribution is -0.154. The van der Waals surface area contributed by atoms with Crippen LogP contribution in [0.15, 0.2) is 0 Å². The van der Waals surface area contributed by atoms with Crippen molar-refractivity contribution in [2.45, 2.75) is 64.7 Å². The van der Waals surface area contributed by atoms with Crippen molar-refractivity contribution in [2.24, 2.45) is 5.92 Å². The Balaban J connectivity index is 0. The van der Waals surface area contributed by atoms with Crippen LogP contribution < -0.4 is 6.15 Å². The lowest BCUT2D eigenvalue weighted by atomic mass is 10.0. The van der Waals surface area contributed by atoms with Crippen LogP contribution in [0.5, 0.6) is 0 Å². The Morgan fingerprint density at radius 3 is 1.61 bits per heavy atom. The fraction of sp³-hybridized carbons (Fsp3) is 0.846. The summed E-state index contributed by atoms with van der Waals surface area (Å²) in [5, 5.41) is 17.3. The molecule has 18 heavy (non-hydrogen) atoms. The zero-order valence-electron chi connectivity index (χ0n) is 11.4. The smallest absolute Gasteiger partial charge is 0.317 e. The molecular formula is C13H27NO4. The summed E-state index contributed by atoms with van der Waals surface area (Å²) in [5.74, 6) is -3.67. The number of aliphatic carboxylic acids is 2. The van der Waals surface area contributed by atoms with Crippen molar-refractivity contribution in [1.29, 1.82) is 0 Å². The number of unbranched alkanes of at least 4 members (excludes halogenated alkanes) is 7. The lowest BCUT2D eigenvalue weighted by Crippen LogP contribution is -2.23. The van der Waals surface area contributed by atoms with Gasteiger partial charge in [-0.1, -0.05) is 58.3 Å². The van der Waals surface area contributed by atoms with Gasteiger partial charge in [0.2, 0.25) is 0 Å². The van der Waals surface area contributed by atoms with Crippen molar-refractivity contribution in [1.82, 2.24) is 6.15 Å². The Bertz CT molecular complexity index is 217. The zero-order valence-corrected chi connectivity index (χ0v) is 11.4. The summed E-state index contributed by atoms with van der Waals surface area (Å²) in [6.07, 6.45) is 9.14. The standard InChI is InChI=1S/C13H24O4.H3N/c1-2-3-4-5-6-7-8-9-10-11(12(14)15)13(16)17;/h11H,2-10H2,1H3,(H,14,15)(H,16,17);1H3. The van der Waals surface area contributed by atoms with Gasteiger partial charge in [0.05, 0.1) is 0 Å². The van der Waals surface area contributed by atoms with Gasteiger partial charge in [0, 0.05) is 0 Å². The van der Waals surface area contributed by atoms with Crippen LogP contribution in [0.3, 0.4) is 0 Å². The minimum absolute atomic E-state index is 0. The zero-order chi connectivity index (χ0) is 13.1. The van der Waals surface area contributed by atoms with Gasteiger partial charge in [-0.05, 0) is 6.42 Å². The second-order valence-corrected chi connectivity index (χ2v) is 4.49. The van der Waals surface area contributed by atoms with Gasteiger partial charge in [-0.2, -0.15) is 0 Å². The maximum Gasteiger partial charge on any atom is 0.317 e. The van der Waals surface area contributed by atoms with Crippen molar-refractivity contribution >= 4 is 11.9 Å². The second kappa shape index (κ2) is 12.4. The van der Waals surface area contributed by atoms with Crippen molar-refractivity contribution in [3.63, 3.8) is 0 Å². The molecule has 0 unspecified atom stereocenters. The summed E-state index contributed by atoms with van der Waals surface area (Å²) >= 11 is 0. The highest BCUT2D eigenvalue weighted by Gasteiger charge is 2.24. The minimum atomic E-state index is -1.23. The third kappa shape index (κ3) is 10.1. The van der Waals surface area contributed by atoms with Gasteiger partial charge in [0.1, 0.15) is 0 Å². The van der Waals surface area contributed by atoms with E-state index >= 15 is 0 Å². The predicted octanol–water partition coefficient (Wildman–Crippen LogP) is 3.46. The maximum absolute atomic E-state index is 10.6. The first kappa shape index (κ1) is 19.2. The molecule has 0 saturated carbocycles. The van der Waals surface area contributed by atoms with Crippen LogP contribution in [0.4, 0.5) is 0 Å². The van der Waals surface area contributed by atoms with Crippen LogP contribution in [0.2, 0.25) is 0 Å². The molecule has 0 radical (unpaired) electrons. The highest BCUT2D eigenvalue weighted by molar-refractivity contribution is 5.92. The molecule has 108 valence electrons. The van der Waals surface area contributed by atoms with E-state index in [-0.39, 0.29) is 12.6 Å². The van der Waals surface area contributed by atoms with Gasteiger partial charge in [-0.3, -0.25) is 9.59 Å². The first-order chi connectivity index (χ1) is 8.09. The van der Waals surface area contributed by atoms with Gasteiger partial charge in [-0.15, -0.1) is 0 Å². The maximum atomic E-state index is 10.6. The average Bonchev–Trinajstić information content (AvgIpc) is 2.26. The normalized spacial score (nSPS) is 10.1. The first-order valence-corrected chi connectivity index (χ1v) is 6.55. The summed E-state index contributed by atoms with van der Waals surface area (Å²) in [7, 11) is 0. The predicted molar refractivity (Wildman–Crippen MR) is 71.0 cm³/mol. The SMILES string of the molecule is CCCCCCCCCCC(C(=O)O)C(=O)O.N. The minimum Gasteiger partial charge on any atom is -0.481 e. The summed E-state index contributed by atoms with van der Waals surface area (Å²) in [6, 6.07) is 0. The summed E-state index contributed by atoms with van der Waals surface area (Å²) < 4.78 is 0. The van der Waals surface area contributed by atoms with E-state index in [9.17, 15) is 9.59 Å². The molecule has 0 atom stereocenters. The first-order valence-electron chi connectivity index (χ1n) is 6.55. The Kier molecular flexibility index (Phi) is 13.2. The van der Waals surface area contributed by atoms with E-state index in [4.69, 9.17) is 10.2 Å². The van der Waals surface area contributed by atoms with E-state index in [1.54, 1.807) is 0 Å². The van der Waals surface area contributed by atoms with Crippen LogP contribution in [-0.4, -0.2) is 22.2 Å². The average molecular weight is 261 g/mol. The largest absolute Gasteiger partial charge is 0.481 e. The molecule has 0 aliphatic rings. The molecule has 0 aromatic carbocycles. The van der Waals surface area contributed by atoms with E-state index in [0.717, 1.165) is 12.8 Å². The second-order valence-electron chi connectivity index (χ2n) is 4.49. The highest BCUT2D eigenvalue weighted by atomic mass is 16.4. The number of rotatable bonds is 11. The van der Waals surface area contributed by atoms with Gasteiger partial charge in [0.15, 0.2) is 5.92 Å². The van der Waals surface area contributed by atoms with Crippen LogP contribution in [0.25, 0.3) is 0 Å². The molecule has 5 nitrogen and oxygen atoms in total. The van der Waals surface area contributed by atoms with Gasteiger partial charge in [-0.25, -0.2) is 0 Å². The summed E-state index contributed by atoms with van der Waals surface area (Å²) in [6.45, 7) is 2.18. The molecule has 0 bridgehead atoms. The molecule has 0 spiro atoms. The highest BCUT2D eigenvalue weighted by Crippen LogP contribution is 2.13. The number of carboxylic acid groups (broad SMARTS) is 2. The third-order valence-electron chi connectivity index (χ3n) is 2.94. The fourth-order valence-corrected chi connectivity index (χ4v) is 1.83. The van der Waals surface area contributed by atoms with E-state index in [2.05, 4.69) is 6.92 Å². The van der Waals surface area contributed by atoms with Gasteiger partial charge in [0.25, 0.3) is 0 Å². The van der Waals surface area contributed by atoms with E-state index in [0.29, 0.717) is 6.42 Å². The number of hydrogen-bond donors (Lipinski definition) is 3. The summed E-state index contributed by atoms with van der Waals surface area (Å²) in [5.41, 5.74) is 0. The molecular weight excluding hydrogens is 234 g/mol. The van der Waals surface area contributed by atoms with Gasteiger partial charge < -0.3 is 16.4 Å². The monoisotopic (exact) mass is 261 g/mol. The Hall–Kier alpha value is -1.10. The Morgan fingerprint density at radius 1 is 0.833 bits per heavy atom. The third-order valence-corrected chi connectivity index (χ3v) is 2.94. The number of carbonyl (C=O) groups is 2. The van der Waals surface area contributed by atoms with E-state index < -0.39 is 17.9 Å². The van der Waals surface area contributed by atoms with Gasteiger partial charge >= 0.3 is 11.9 Å². The van der Waals surface area contributed by atoms with Crippen LogP contribution in [-0.2, 0) is 9.59 Å². The molecule has 0 fully saturated rings. The quantitative estimate of drug-likeness (QED) is 0.389. The summed E-state index contributed by atoms with van der Waals surface area (Å²) in [4.78, 5) is 21.2. The molecule has 5 N–H and O–H groups in total. The number of carboxylic acids is 2. The van der Waals surface area contributed by atoms with Crippen molar-refractivity contribution in [3.8, 4) is 0 Å².